The molecule has 2 heterocycles. The van der Waals surface area contributed by atoms with Gasteiger partial charge in [0, 0.05) is 18.7 Å². The first-order valence-corrected chi connectivity index (χ1v) is 11.5. The van der Waals surface area contributed by atoms with Crippen molar-refractivity contribution in [1.29, 1.82) is 0 Å². The molecule has 33 heavy (non-hydrogen) atoms. The zero-order valence-electron chi connectivity index (χ0n) is 18.5. The molecule has 1 saturated carbocycles. The van der Waals surface area contributed by atoms with Gasteiger partial charge in [-0.25, -0.2) is 0 Å². The fourth-order valence-electron chi connectivity index (χ4n) is 5.24. The maximum atomic E-state index is 12.8. The summed E-state index contributed by atoms with van der Waals surface area (Å²) in [7, 11) is 0. The first kappa shape index (κ1) is 21.4. The molecule has 2 aromatic rings. The number of rotatable bonds is 4. The number of hydrogen-bond acceptors (Lipinski definition) is 5. The van der Waals surface area contributed by atoms with Crippen LogP contribution < -0.4 is 14.5 Å². The maximum Gasteiger partial charge on any atom is 0.316 e. The van der Waals surface area contributed by atoms with Gasteiger partial charge in [0.05, 0.1) is 23.4 Å². The number of para-hydroxylation sites is 1. The SMILES string of the molecule is Cc1ccccc1N1C[C@@H](C(=O)Oc2ccc(N3C(=O)[C@H]4CCCC[C@H]4C3=O)cc2)CC1=O. The van der Waals surface area contributed by atoms with Gasteiger partial charge >= 0.3 is 5.97 Å². The number of ether oxygens (including phenoxy) is 1. The highest BCUT2D eigenvalue weighted by atomic mass is 16.5. The number of hydrogen-bond donors (Lipinski definition) is 0. The Morgan fingerprint density at radius 3 is 2.18 bits per heavy atom. The van der Waals surface area contributed by atoms with E-state index in [0.717, 1.165) is 36.9 Å². The van der Waals surface area contributed by atoms with E-state index in [4.69, 9.17) is 4.74 Å². The highest BCUT2D eigenvalue weighted by Gasteiger charge is 2.48. The molecule has 3 aliphatic rings. The van der Waals surface area contributed by atoms with Crippen molar-refractivity contribution >= 4 is 35.1 Å². The molecular weight excluding hydrogens is 420 g/mol. The van der Waals surface area contributed by atoms with Crippen LogP contribution in [0, 0.1) is 24.7 Å². The topological polar surface area (TPSA) is 84.0 Å². The Hall–Kier alpha value is -3.48. The van der Waals surface area contributed by atoms with Crippen molar-refractivity contribution in [1.82, 2.24) is 0 Å². The predicted octanol–water partition coefficient (Wildman–Crippen LogP) is 3.63. The molecule has 0 N–H and O–H groups in total. The van der Waals surface area contributed by atoms with Gasteiger partial charge in [-0.05, 0) is 55.7 Å². The van der Waals surface area contributed by atoms with Crippen molar-refractivity contribution in [3.05, 3.63) is 54.1 Å². The maximum absolute atomic E-state index is 12.8. The molecule has 3 atom stereocenters. The van der Waals surface area contributed by atoms with E-state index < -0.39 is 11.9 Å². The van der Waals surface area contributed by atoms with Crippen LogP contribution in [0.3, 0.4) is 0 Å². The van der Waals surface area contributed by atoms with Crippen molar-refractivity contribution in [3.63, 3.8) is 0 Å². The second-order valence-electron chi connectivity index (χ2n) is 9.12. The van der Waals surface area contributed by atoms with Gasteiger partial charge in [0.25, 0.3) is 0 Å². The summed E-state index contributed by atoms with van der Waals surface area (Å²) in [6.07, 6.45) is 3.59. The smallest absolute Gasteiger partial charge is 0.316 e. The van der Waals surface area contributed by atoms with Crippen LogP contribution in [0.2, 0.25) is 0 Å². The third kappa shape index (κ3) is 3.81. The van der Waals surface area contributed by atoms with Gasteiger partial charge in [-0.15, -0.1) is 0 Å². The lowest BCUT2D eigenvalue weighted by atomic mass is 9.81. The van der Waals surface area contributed by atoms with Crippen LogP contribution in [0.4, 0.5) is 11.4 Å². The van der Waals surface area contributed by atoms with Gasteiger partial charge in [0.1, 0.15) is 5.75 Å². The van der Waals surface area contributed by atoms with Crippen LogP contribution in [-0.2, 0) is 19.2 Å². The molecule has 0 bridgehead atoms. The molecule has 0 aromatic heterocycles. The molecular formula is C26H26N2O5. The van der Waals surface area contributed by atoms with Crippen molar-refractivity contribution in [2.24, 2.45) is 17.8 Å². The molecule has 1 aliphatic carbocycles. The number of fused-ring (bicyclic) bond motifs is 1. The van der Waals surface area contributed by atoms with Crippen molar-refractivity contribution in [3.8, 4) is 5.75 Å². The van der Waals surface area contributed by atoms with Crippen LogP contribution in [0.15, 0.2) is 48.5 Å². The summed E-state index contributed by atoms with van der Waals surface area (Å²) in [5.74, 6) is -1.48. The molecule has 2 saturated heterocycles. The number of esters is 1. The average Bonchev–Trinajstić information content (AvgIpc) is 3.33. The van der Waals surface area contributed by atoms with Gasteiger partial charge in [-0.3, -0.25) is 24.1 Å². The van der Waals surface area contributed by atoms with E-state index in [-0.39, 0.29) is 42.5 Å². The molecule has 170 valence electrons. The summed E-state index contributed by atoms with van der Waals surface area (Å²) in [4.78, 5) is 53.7. The third-order valence-corrected chi connectivity index (χ3v) is 7.02. The average molecular weight is 447 g/mol. The fraction of sp³-hybridized carbons (Fsp3) is 0.385. The summed E-state index contributed by atoms with van der Waals surface area (Å²) in [6.45, 7) is 2.21. The van der Waals surface area contributed by atoms with Crippen molar-refractivity contribution in [2.75, 3.05) is 16.3 Å². The van der Waals surface area contributed by atoms with E-state index in [0.29, 0.717) is 11.4 Å². The lowest BCUT2D eigenvalue weighted by molar-refractivity contribution is -0.139. The van der Waals surface area contributed by atoms with Crippen LogP contribution in [0.1, 0.15) is 37.7 Å². The Bertz CT molecular complexity index is 1100. The molecule has 0 unspecified atom stereocenters. The molecule has 3 amide bonds. The largest absolute Gasteiger partial charge is 0.426 e. The van der Waals surface area contributed by atoms with Crippen LogP contribution in [-0.4, -0.2) is 30.2 Å². The molecule has 0 spiro atoms. The first-order valence-electron chi connectivity index (χ1n) is 11.5. The Kier molecular flexibility index (Phi) is 5.48. The second kappa shape index (κ2) is 8.46. The van der Waals surface area contributed by atoms with E-state index in [1.54, 1.807) is 29.2 Å². The summed E-state index contributed by atoms with van der Waals surface area (Å²) in [6, 6.07) is 14.0. The second-order valence-corrected chi connectivity index (χ2v) is 9.12. The zero-order chi connectivity index (χ0) is 23.1. The van der Waals surface area contributed by atoms with Gasteiger partial charge in [0.2, 0.25) is 17.7 Å². The molecule has 7 heteroatoms. The molecule has 3 fully saturated rings. The summed E-state index contributed by atoms with van der Waals surface area (Å²) in [5, 5.41) is 0. The van der Waals surface area contributed by atoms with E-state index in [2.05, 4.69) is 0 Å². The number of anilines is 2. The van der Waals surface area contributed by atoms with Gasteiger partial charge in [-0.1, -0.05) is 31.0 Å². The quantitative estimate of drug-likeness (QED) is 0.407. The number of aryl methyl sites for hydroxylation is 1. The predicted molar refractivity (Wildman–Crippen MR) is 122 cm³/mol. The number of imide groups is 1. The van der Waals surface area contributed by atoms with Gasteiger partial charge in [0.15, 0.2) is 0 Å². The molecule has 5 rings (SSSR count). The lowest BCUT2D eigenvalue weighted by Crippen LogP contribution is -2.30. The Morgan fingerprint density at radius 1 is 0.909 bits per heavy atom. The minimum absolute atomic E-state index is 0.102. The number of benzene rings is 2. The van der Waals surface area contributed by atoms with Crippen molar-refractivity contribution in [2.45, 2.75) is 39.0 Å². The molecule has 7 nitrogen and oxygen atoms in total. The lowest BCUT2D eigenvalue weighted by Gasteiger charge is -2.19. The normalized spacial score (nSPS) is 24.9. The van der Waals surface area contributed by atoms with E-state index in [9.17, 15) is 19.2 Å². The van der Waals surface area contributed by atoms with E-state index >= 15 is 0 Å². The number of nitrogens with zero attached hydrogens (tertiary/aromatic N) is 2. The fourth-order valence-corrected chi connectivity index (χ4v) is 5.24. The number of carbonyl (C=O) groups is 4. The third-order valence-electron chi connectivity index (χ3n) is 7.02. The summed E-state index contributed by atoms with van der Waals surface area (Å²) < 4.78 is 5.52. The Labute approximate surface area is 192 Å². The molecule has 0 radical (unpaired) electrons. The monoisotopic (exact) mass is 446 g/mol. The first-order chi connectivity index (χ1) is 15.9. The minimum Gasteiger partial charge on any atom is -0.426 e. The summed E-state index contributed by atoms with van der Waals surface area (Å²) in [5.41, 5.74) is 2.28. The minimum atomic E-state index is -0.554. The van der Waals surface area contributed by atoms with Crippen LogP contribution >= 0.6 is 0 Å². The van der Waals surface area contributed by atoms with E-state index in [1.807, 2.05) is 31.2 Å². The zero-order valence-corrected chi connectivity index (χ0v) is 18.5. The molecule has 2 aromatic carbocycles. The van der Waals surface area contributed by atoms with Crippen molar-refractivity contribution < 1.29 is 23.9 Å². The van der Waals surface area contributed by atoms with Gasteiger partial charge in [-0.2, -0.15) is 0 Å². The number of carbonyl (C=O) groups excluding carboxylic acids is 4. The highest BCUT2D eigenvalue weighted by molar-refractivity contribution is 6.22. The Morgan fingerprint density at radius 2 is 1.55 bits per heavy atom. The Balaban J connectivity index is 1.25. The van der Waals surface area contributed by atoms with Crippen LogP contribution in [0.25, 0.3) is 0 Å². The summed E-state index contributed by atoms with van der Waals surface area (Å²) >= 11 is 0. The van der Waals surface area contributed by atoms with Gasteiger partial charge < -0.3 is 9.64 Å². The van der Waals surface area contributed by atoms with Crippen LogP contribution in [0.5, 0.6) is 5.75 Å². The van der Waals surface area contributed by atoms with E-state index in [1.165, 1.54) is 4.90 Å². The number of amides is 3. The standard InChI is InChI=1S/C26H26N2O5/c1-16-6-2-5-9-22(16)27-15-17(14-23(27)29)26(32)33-19-12-10-18(11-13-19)28-24(30)20-7-3-4-8-21(20)25(28)31/h2,5-6,9-13,17,20-21H,3-4,7-8,14-15H2,1H3/t17-,20-,21+/m0/s1. The highest BCUT2D eigenvalue weighted by Crippen LogP contribution is 2.40. The molecule has 2 aliphatic heterocycles.